The summed E-state index contributed by atoms with van der Waals surface area (Å²) in [5.74, 6) is 1.35. The third kappa shape index (κ3) is 7.12. The molecule has 1 heterocycles. The zero-order valence-corrected chi connectivity index (χ0v) is 24.3. The summed E-state index contributed by atoms with van der Waals surface area (Å²) in [6, 6.07) is 14.6. The number of rotatable bonds is 12. The topological polar surface area (TPSA) is 54.9 Å². The fraction of sp³-hybridized carbons (Fsp3) is 0.500. The molecular formula is C34H44FN3O. The molecule has 0 saturated carbocycles. The Labute approximate surface area is 233 Å². The van der Waals surface area contributed by atoms with Gasteiger partial charge in [0.1, 0.15) is 5.82 Å². The lowest BCUT2D eigenvalue weighted by atomic mass is 9.68. The Balaban J connectivity index is 1.74. The summed E-state index contributed by atoms with van der Waals surface area (Å²) in [5, 5.41) is 3.12. The van der Waals surface area contributed by atoms with Gasteiger partial charge in [-0.3, -0.25) is 4.79 Å². The van der Waals surface area contributed by atoms with E-state index >= 15 is 0 Å². The molecule has 5 heteroatoms. The van der Waals surface area contributed by atoms with E-state index in [1.807, 2.05) is 0 Å². The Morgan fingerprint density at radius 1 is 0.949 bits per heavy atom. The highest BCUT2D eigenvalue weighted by Crippen LogP contribution is 2.43. The van der Waals surface area contributed by atoms with Crippen molar-refractivity contribution in [2.45, 2.75) is 92.4 Å². The number of carbonyl (C=O) groups is 1. The quantitative estimate of drug-likeness (QED) is 0.256. The summed E-state index contributed by atoms with van der Waals surface area (Å²) >= 11 is 0. The molecule has 0 spiro atoms. The number of aryl methyl sites for hydroxylation is 2. The van der Waals surface area contributed by atoms with Crippen LogP contribution in [0.5, 0.6) is 0 Å². The number of carbonyl (C=O) groups excluding carboxylic acids is 1. The van der Waals surface area contributed by atoms with Gasteiger partial charge in [-0.2, -0.15) is 0 Å². The van der Waals surface area contributed by atoms with Gasteiger partial charge in [-0.15, -0.1) is 0 Å². The summed E-state index contributed by atoms with van der Waals surface area (Å²) in [5.41, 5.74) is 6.10. The van der Waals surface area contributed by atoms with Gasteiger partial charge in [0.15, 0.2) is 5.82 Å². The monoisotopic (exact) mass is 529 g/mol. The Kier molecular flexibility index (Phi) is 9.53. The van der Waals surface area contributed by atoms with Crippen LogP contribution in [0.25, 0.3) is 11.3 Å². The Morgan fingerprint density at radius 3 is 2.26 bits per heavy atom. The number of amides is 1. The molecule has 2 aromatic carbocycles. The maximum absolute atomic E-state index is 13.4. The number of anilines is 1. The number of nitrogens with zero attached hydrogens (tertiary/aromatic N) is 2. The molecule has 0 radical (unpaired) electrons. The van der Waals surface area contributed by atoms with Crippen molar-refractivity contribution in [2.24, 2.45) is 17.3 Å². The van der Waals surface area contributed by atoms with E-state index in [1.54, 1.807) is 12.1 Å². The molecule has 0 aliphatic heterocycles. The van der Waals surface area contributed by atoms with Crippen molar-refractivity contribution in [3.63, 3.8) is 0 Å². The molecule has 3 aromatic rings. The zero-order chi connectivity index (χ0) is 28.0. The minimum absolute atomic E-state index is 0.0817. The predicted octanol–water partition coefficient (Wildman–Crippen LogP) is 8.37. The van der Waals surface area contributed by atoms with Gasteiger partial charge in [0, 0.05) is 5.56 Å². The number of hydrogen-bond donors (Lipinski definition) is 1. The SMILES string of the molecule is CCC(C)CC(CC)(Cc1nc2c(nc1NC(=O)Cc1ccc(F)cc1)CCc1ccccc1-2)CC(C)CC. The van der Waals surface area contributed by atoms with Crippen LogP contribution < -0.4 is 5.32 Å². The summed E-state index contributed by atoms with van der Waals surface area (Å²) < 4.78 is 13.4. The van der Waals surface area contributed by atoms with Crippen LogP contribution in [0, 0.1) is 23.1 Å². The van der Waals surface area contributed by atoms with Crippen LogP contribution in [0.2, 0.25) is 0 Å². The summed E-state index contributed by atoms with van der Waals surface area (Å²) in [4.78, 5) is 23.6. The van der Waals surface area contributed by atoms with Crippen LogP contribution >= 0.6 is 0 Å². The third-order valence-corrected chi connectivity index (χ3v) is 8.73. The lowest BCUT2D eigenvalue weighted by Gasteiger charge is -2.38. The molecule has 1 aliphatic carbocycles. The first kappa shape index (κ1) is 28.9. The molecule has 208 valence electrons. The van der Waals surface area contributed by atoms with Gasteiger partial charge in [-0.25, -0.2) is 14.4 Å². The van der Waals surface area contributed by atoms with E-state index in [2.05, 4.69) is 64.2 Å². The van der Waals surface area contributed by atoms with Crippen LogP contribution in [-0.2, 0) is 30.5 Å². The fourth-order valence-corrected chi connectivity index (χ4v) is 6.07. The molecule has 2 unspecified atom stereocenters. The molecule has 2 atom stereocenters. The van der Waals surface area contributed by atoms with Crippen molar-refractivity contribution >= 4 is 11.7 Å². The molecule has 1 aliphatic rings. The van der Waals surface area contributed by atoms with Crippen LogP contribution in [0.15, 0.2) is 48.5 Å². The summed E-state index contributed by atoms with van der Waals surface area (Å²) in [6.45, 7) is 11.5. The third-order valence-electron chi connectivity index (χ3n) is 8.73. The number of nitrogens with one attached hydrogen (secondary N) is 1. The number of fused-ring (bicyclic) bond motifs is 3. The molecule has 0 saturated heterocycles. The van der Waals surface area contributed by atoms with E-state index in [9.17, 15) is 9.18 Å². The first-order valence-corrected chi connectivity index (χ1v) is 14.8. The van der Waals surface area contributed by atoms with Crippen molar-refractivity contribution in [3.05, 3.63) is 76.9 Å². The van der Waals surface area contributed by atoms with Gasteiger partial charge < -0.3 is 5.32 Å². The summed E-state index contributed by atoms with van der Waals surface area (Å²) in [6.07, 6.45) is 8.28. The minimum Gasteiger partial charge on any atom is -0.309 e. The van der Waals surface area contributed by atoms with Crippen LogP contribution in [0.4, 0.5) is 10.2 Å². The second-order valence-corrected chi connectivity index (χ2v) is 11.8. The van der Waals surface area contributed by atoms with Crippen molar-refractivity contribution in [1.82, 2.24) is 9.97 Å². The second kappa shape index (κ2) is 12.8. The summed E-state index contributed by atoms with van der Waals surface area (Å²) in [7, 11) is 0. The Bertz CT molecular complexity index is 1260. The number of hydrogen-bond acceptors (Lipinski definition) is 3. The molecule has 1 aromatic heterocycles. The molecule has 0 bridgehead atoms. The lowest BCUT2D eigenvalue weighted by molar-refractivity contribution is -0.115. The van der Waals surface area contributed by atoms with Gasteiger partial charge in [-0.1, -0.05) is 90.3 Å². The average Bonchev–Trinajstić information content (AvgIpc) is 2.94. The molecular weight excluding hydrogens is 485 g/mol. The van der Waals surface area contributed by atoms with E-state index in [-0.39, 0.29) is 23.6 Å². The van der Waals surface area contributed by atoms with E-state index in [1.165, 1.54) is 17.7 Å². The molecule has 4 nitrogen and oxygen atoms in total. The van der Waals surface area contributed by atoms with Crippen LogP contribution in [-0.4, -0.2) is 15.9 Å². The predicted molar refractivity (Wildman–Crippen MR) is 158 cm³/mol. The highest BCUT2D eigenvalue weighted by Gasteiger charge is 2.34. The first-order valence-electron chi connectivity index (χ1n) is 14.8. The lowest BCUT2D eigenvalue weighted by Crippen LogP contribution is -2.30. The standard InChI is InChI=1S/C34H44FN3O/c1-6-23(4)20-34(8-3,21-24(5)7-2)22-30-33(38-31(39)19-25-13-16-27(35)17-14-25)37-29-18-15-26-11-9-10-12-28(26)32(29)36-30/h9-14,16-17,23-24H,6-8,15,18-22H2,1-5H3,(H,37,38,39). The van der Waals surface area contributed by atoms with Crippen molar-refractivity contribution in [2.75, 3.05) is 5.32 Å². The molecule has 39 heavy (non-hydrogen) atoms. The highest BCUT2D eigenvalue weighted by molar-refractivity contribution is 5.92. The van der Waals surface area contributed by atoms with Crippen LogP contribution in [0.1, 0.15) is 89.2 Å². The molecule has 0 fully saturated rings. The van der Waals surface area contributed by atoms with Gasteiger partial charge in [0.25, 0.3) is 0 Å². The van der Waals surface area contributed by atoms with Crippen LogP contribution in [0.3, 0.4) is 0 Å². The number of aromatic nitrogens is 2. The average molecular weight is 530 g/mol. The molecule has 1 N–H and O–H groups in total. The van der Waals surface area contributed by atoms with E-state index < -0.39 is 0 Å². The van der Waals surface area contributed by atoms with Crippen molar-refractivity contribution in [3.8, 4) is 11.3 Å². The normalized spacial score (nSPS) is 15.5. The largest absolute Gasteiger partial charge is 0.309 e. The van der Waals surface area contributed by atoms with E-state index in [4.69, 9.17) is 9.97 Å². The fourth-order valence-electron chi connectivity index (χ4n) is 6.07. The maximum Gasteiger partial charge on any atom is 0.229 e. The first-order chi connectivity index (χ1) is 18.8. The zero-order valence-electron chi connectivity index (χ0n) is 24.3. The molecule has 1 amide bonds. The van der Waals surface area contributed by atoms with E-state index in [0.717, 1.165) is 79.6 Å². The van der Waals surface area contributed by atoms with Gasteiger partial charge in [0.2, 0.25) is 5.91 Å². The highest BCUT2D eigenvalue weighted by atomic mass is 19.1. The van der Waals surface area contributed by atoms with Gasteiger partial charge in [0.05, 0.1) is 23.5 Å². The second-order valence-electron chi connectivity index (χ2n) is 11.8. The Hall–Kier alpha value is -3.08. The Morgan fingerprint density at radius 2 is 1.62 bits per heavy atom. The molecule has 4 rings (SSSR count). The number of benzene rings is 2. The minimum atomic E-state index is -0.305. The van der Waals surface area contributed by atoms with E-state index in [0.29, 0.717) is 17.7 Å². The van der Waals surface area contributed by atoms with Gasteiger partial charge >= 0.3 is 0 Å². The maximum atomic E-state index is 13.4. The van der Waals surface area contributed by atoms with Gasteiger partial charge in [-0.05, 0) is 72.6 Å². The number of halogens is 1. The van der Waals surface area contributed by atoms with Crippen molar-refractivity contribution < 1.29 is 9.18 Å². The smallest absolute Gasteiger partial charge is 0.229 e. The van der Waals surface area contributed by atoms with Crippen molar-refractivity contribution in [1.29, 1.82) is 0 Å².